The molecule has 2 rings (SSSR count). The molecular formula is C15H24N4O3S. The quantitative estimate of drug-likeness (QED) is 0.543. The second-order valence-corrected chi connectivity index (χ2v) is 7.56. The van der Waals surface area contributed by atoms with Gasteiger partial charge in [0.2, 0.25) is 10.0 Å². The number of aliphatic hydroxyl groups is 1. The third-order valence-corrected chi connectivity index (χ3v) is 6.03. The van der Waals surface area contributed by atoms with Crippen LogP contribution in [0, 0.1) is 5.92 Å². The van der Waals surface area contributed by atoms with Gasteiger partial charge >= 0.3 is 0 Å². The molecule has 7 nitrogen and oxygen atoms in total. The summed E-state index contributed by atoms with van der Waals surface area (Å²) < 4.78 is 26.8. The number of anilines is 1. The van der Waals surface area contributed by atoms with Crippen LogP contribution in [0.15, 0.2) is 34.2 Å². The van der Waals surface area contributed by atoms with Crippen molar-refractivity contribution >= 4 is 21.7 Å². The van der Waals surface area contributed by atoms with E-state index in [-0.39, 0.29) is 17.5 Å². The van der Waals surface area contributed by atoms with Gasteiger partial charge in [-0.1, -0.05) is 0 Å². The number of nitrogens with one attached hydrogen (secondary N) is 1. The first kappa shape index (κ1) is 17.7. The average Bonchev–Trinajstić information content (AvgIpc) is 2.56. The minimum Gasteiger partial charge on any atom is -0.396 e. The molecule has 1 aliphatic rings. The molecule has 0 radical (unpaired) electrons. The van der Waals surface area contributed by atoms with E-state index < -0.39 is 10.0 Å². The monoisotopic (exact) mass is 340 g/mol. The van der Waals surface area contributed by atoms with Crippen LogP contribution in [0.2, 0.25) is 0 Å². The molecule has 1 fully saturated rings. The summed E-state index contributed by atoms with van der Waals surface area (Å²) >= 11 is 0. The Kier molecular flexibility index (Phi) is 5.97. The number of guanidine groups is 1. The Hall–Kier alpha value is -1.64. The zero-order valence-electron chi connectivity index (χ0n) is 13.3. The second-order valence-electron chi connectivity index (χ2n) is 5.62. The van der Waals surface area contributed by atoms with Gasteiger partial charge in [0.05, 0.1) is 4.90 Å². The van der Waals surface area contributed by atoms with Crippen LogP contribution in [0.5, 0.6) is 0 Å². The highest BCUT2D eigenvalue weighted by atomic mass is 32.2. The number of nitrogens with zero attached hydrogens (tertiary/aromatic N) is 2. The highest BCUT2D eigenvalue weighted by molar-refractivity contribution is 7.89. The zero-order valence-corrected chi connectivity index (χ0v) is 14.1. The normalized spacial score (nSPS) is 18.1. The first-order valence-electron chi connectivity index (χ1n) is 7.67. The summed E-state index contributed by atoms with van der Waals surface area (Å²) in [5, 5.41) is 11.8. The maximum atomic E-state index is 12.6. The molecule has 23 heavy (non-hydrogen) atoms. The van der Waals surface area contributed by atoms with E-state index >= 15 is 0 Å². The Balaban J connectivity index is 2.05. The van der Waals surface area contributed by atoms with Crippen molar-refractivity contribution in [2.24, 2.45) is 16.6 Å². The molecule has 1 aliphatic heterocycles. The Morgan fingerprint density at radius 1 is 1.35 bits per heavy atom. The molecule has 0 aliphatic carbocycles. The summed E-state index contributed by atoms with van der Waals surface area (Å²) in [4.78, 5) is 4.06. The fourth-order valence-corrected chi connectivity index (χ4v) is 4.15. The van der Waals surface area contributed by atoms with E-state index in [9.17, 15) is 8.42 Å². The number of hydrogen-bond acceptors (Lipinski definition) is 4. The van der Waals surface area contributed by atoms with Gasteiger partial charge in [-0.05, 0) is 49.4 Å². The standard InChI is InChI=1S/C15H24N4O3S/c1-17-15(16)18-13-2-4-14(5-3-13)23(21,22)19-9-6-12(7-10-19)8-11-20/h2-5,12,20H,6-11H2,1H3,(H3,16,17,18). The van der Waals surface area contributed by atoms with Gasteiger partial charge in [-0.3, -0.25) is 4.99 Å². The van der Waals surface area contributed by atoms with Gasteiger partial charge in [0.25, 0.3) is 0 Å². The fourth-order valence-electron chi connectivity index (χ4n) is 2.68. The fraction of sp³-hybridized carbons (Fsp3) is 0.533. The average molecular weight is 340 g/mol. The summed E-state index contributed by atoms with van der Waals surface area (Å²) in [6.07, 6.45) is 2.33. The van der Waals surface area contributed by atoms with Gasteiger partial charge in [0, 0.05) is 32.4 Å². The predicted molar refractivity (Wildman–Crippen MR) is 90.8 cm³/mol. The van der Waals surface area contributed by atoms with Crippen molar-refractivity contribution in [3.63, 3.8) is 0 Å². The number of aliphatic imine (C=N–C) groups is 1. The summed E-state index contributed by atoms with van der Waals surface area (Å²) in [6.45, 7) is 1.17. The first-order chi connectivity index (χ1) is 11.0. The molecule has 0 saturated carbocycles. The summed E-state index contributed by atoms with van der Waals surface area (Å²) in [5.41, 5.74) is 6.27. The Bertz CT molecular complexity index is 635. The predicted octanol–water partition coefficient (Wildman–Crippen LogP) is 0.826. The van der Waals surface area contributed by atoms with Gasteiger partial charge in [-0.15, -0.1) is 0 Å². The molecule has 0 atom stereocenters. The van der Waals surface area contributed by atoms with E-state index in [1.807, 2.05) is 0 Å². The Labute approximate surface area is 137 Å². The van der Waals surface area contributed by atoms with Crippen LogP contribution >= 0.6 is 0 Å². The van der Waals surface area contributed by atoms with Crippen molar-refractivity contribution in [1.29, 1.82) is 0 Å². The number of sulfonamides is 1. The van der Waals surface area contributed by atoms with Crippen LogP contribution in [-0.4, -0.2) is 50.5 Å². The molecule has 0 bridgehead atoms. The van der Waals surface area contributed by atoms with Crippen molar-refractivity contribution in [2.75, 3.05) is 32.1 Å². The van der Waals surface area contributed by atoms with E-state index in [0.29, 0.717) is 24.7 Å². The number of hydrogen-bond donors (Lipinski definition) is 3. The topological polar surface area (TPSA) is 108 Å². The van der Waals surface area contributed by atoms with Crippen LogP contribution in [0.1, 0.15) is 19.3 Å². The van der Waals surface area contributed by atoms with Crippen molar-refractivity contribution in [3.8, 4) is 0 Å². The van der Waals surface area contributed by atoms with E-state index in [1.165, 1.54) is 4.31 Å². The molecule has 0 aromatic heterocycles. The summed E-state index contributed by atoms with van der Waals surface area (Å²) in [5.74, 6) is 0.681. The molecule has 0 unspecified atom stereocenters. The van der Waals surface area contributed by atoms with Crippen molar-refractivity contribution in [3.05, 3.63) is 24.3 Å². The van der Waals surface area contributed by atoms with Gasteiger partial charge < -0.3 is 16.2 Å². The molecule has 1 saturated heterocycles. The SMILES string of the molecule is CN=C(N)Nc1ccc(S(=O)(=O)N2CCC(CCO)CC2)cc1. The van der Waals surface area contributed by atoms with Crippen molar-refractivity contribution in [1.82, 2.24) is 4.31 Å². The number of rotatable bonds is 5. The smallest absolute Gasteiger partial charge is 0.243 e. The van der Waals surface area contributed by atoms with E-state index in [4.69, 9.17) is 10.8 Å². The molecule has 8 heteroatoms. The van der Waals surface area contributed by atoms with Crippen LogP contribution in [0.3, 0.4) is 0 Å². The largest absolute Gasteiger partial charge is 0.396 e. The van der Waals surface area contributed by atoms with Crippen molar-refractivity contribution in [2.45, 2.75) is 24.2 Å². The lowest BCUT2D eigenvalue weighted by molar-refractivity contribution is 0.208. The van der Waals surface area contributed by atoms with Crippen LogP contribution in [-0.2, 0) is 10.0 Å². The molecule has 1 aromatic rings. The molecular weight excluding hydrogens is 316 g/mol. The summed E-state index contributed by atoms with van der Waals surface area (Å²) in [6, 6.07) is 6.48. The molecule has 1 aromatic carbocycles. The van der Waals surface area contributed by atoms with Gasteiger partial charge in [0.15, 0.2) is 5.96 Å². The van der Waals surface area contributed by atoms with Crippen LogP contribution in [0.4, 0.5) is 5.69 Å². The lowest BCUT2D eigenvalue weighted by Crippen LogP contribution is -2.38. The number of piperidine rings is 1. The first-order valence-corrected chi connectivity index (χ1v) is 9.11. The second kappa shape index (κ2) is 7.76. The number of aliphatic hydroxyl groups excluding tert-OH is 1. The maximum absolute atomic E-state index is 12.6. The van der Waals surface area contributed by atoms with E-state index in [0.717, 1.165) is 19.3 Å². The summed E-state index contributed by atoms with van der Waals surface area (Å²) in [7, 11) is -1.90. The highest BCUT2D eigenvalue weighted by Gasteiger charge is 2.29. The number of benzene rings is 1. The van der Waals surface area contributed by atoms with E-state index in [2.05, 4.69) is 10.3 Å². The molecule has 0 amide bonds. The Morgan fingerprint density at radius 3 is 2.48 bits per heavy atom. The van der Waals surface area contributed by atoms with Gasteiger partial charge in [-0.25, -0.2) is 8.42 Å². The molecule has 1 heterocycles. The zero-order chi connectivity index (χ0) is 16.9. The van der Waals surface area contributed by atoms with Crippen molar-refractivity contribution < 1.29 is 13.5 Å². The third-order valence-electron chi connectivity index (χ3n) is 4.12. The van der Waals surface area contributed by atoms with Gasteiger partial charge in [-0.2, -0.15) is 4.31 Å². The van der Waals surface area contributed by atoms with Gasteiger partial charge in [0.1, 0.15) is 0 Å². The Morgan fingerprint density at radius 2 is 1.96 bits per heavy atom. The maximum Gasteiger partial charge on any atom is 0.243 e. The third kappa shape index (κ3) is 4.43. The lowest BCUT2D eigenvalue weighted by atomic mass is 9.95. The highest BCUT2D eigenvalue weighted by Crippen LogP contribution is 2.26. The minimum absolute atomic E-state index is 0.163. The molecule has 0 spiro atoms. The van der Waals surface area contributed by atoms with Crippen LogP contribution < -0.4 is 11.1 Å². The van der Waals surface area contributed by atoms with E-state index in [1.54, 1.807) is 31.3 Å². The molecule has 128 valence electrons. The number of nitrogens with two attached hydrogens (primary N) is 1. The minimum atomic E-state index is -3.47. The van der Waals surface area contributed by atoms with Crippen LogP contribution in [0.25, 0.3) is 0 Å². The lowest BCUT2D eigenvalue weighted by Gasteiger charge is -2.31. The molecule has 4 N–H and O–H groups in total.